The molecule has 0 bridgehead atoms. The van der Waals surface area contributed by atoms with Crippen molar-refractivity contribution < 1.29 is 4.79 Å². The summed E-state index contributed by atoms with van der Waals surface area (Å²) in [5, 5.41) is 3.68. The third-order valence-electron chi connectivity index (χ3n) is 3.49. The van der Waals surface area contributed by atoms with E-state index < -0.39 is 0 Å². The predicted molar refractivity (Wildman–Crippen MR) is 68.0 cm³/mol. The Morgan fingerprint density at radius 1 is 1.12 bits per heavy atom. The van der Waals surface area contributed by atoms with Gasteiger partial charge in [0.2, 0.25) is 0 Å². The minimum Gasteiger partial charge on any atom is -0.300 e. The summed E-state index contributed by atoms with van der Waals surface area (Å²) in [7, 11) is 0. The number of hydrogen-bond donors (Lipinski definition) is 0. The average molecular weight is 230 g/mol. The highest BCUT2D eigenvalue weighted by Gasteiger charge is 2.22. The molecule has 1 saturated carbocycles. The zero-order valence-electron chi connectivity index (χ0n) is 9.11. The van der Waals surface area contributed by atoms with E-state index in [1.54, 1.807) is 0 Å². The number of fused-ring (bicyclic) bond motifs is 1. The fraction of sp³-hybridized carbons (Fsp3) is 0.357. The van der Waals surface area contributed by atoms with Crippen molar-refractivity contribution in [1.82, 2.24) is 0 Å². The van der Waals surface area contributed by atoms with E-state index in [1.807, 2.05) is 11.3 Å². The minimum atomic E-state index is 0.441. The molecule has 1 aliphatic rings. The normalized spacial score (nSPS) is 18.1. The van der Waals surface area contributed by atoms with Crippen molar-refractivity contribution in [2.45, 2.75) is 31.6 Å². The molecule has 0 aliphatic heterocycles. The van der Waals surface area contributed by atoms with Gasteiger partial charge in [-0.3, -0.25) is 4.79 Å². The number of rotatable bonds is 1. The second-order valence-electron chi connectivity index (χ2n) is 4.50. The Balaban J connectivity index is 1.97. The molecule has 1 fully saturated rings. The quantitative estimate of drug-likeness (QED) is 0.720. The van der Waals surface area contributed by atoms with E-state index in [-0.39, 0.29) is 0 Å². The molecule has 1 aliphatic carbocycles. The molecule has 82 valence electrons. The smallest absolute Gasteiger partial charge is 0.132 e. The van der Waals surface area contributed by atoms with Gasteiger partial charge in [0.25, 0.3) is 0 Å². The van der Waals surface area contributed by atoms with E-state index in [9.17, 15) is 4.79 Å². The lowest BCUT2D eigenvalue weighted by atomic mass is 9.83. The van der Waals surface area contributed by atoms with Crippen molar-refractivity contribution in [3.8, 4) is 0 Å². The molecule has 2 heteroatoms. The van der Waals surface area contributed by atoms with Crippen molar-refractivity contribution in [2.24, 2.45) is 0 Å². The number of carbonyl (C=O) groups is 1. The number of Topliss-reactive ketones (excluding diaryl/α,β-unsaturated/α-hetero) is 1. The molecule has 1 nitrogen and oxygen atoms in total. The Bertz CT molecular complexity index is 516. The highest BCUT2D eigenvalue weighted by Crippen LogP contribution is 2.38. The fourth-order valence-corrected chi connectivity index (χ4v) is 3.61. The molecule has 16 heavy (non-hydrogen) atoms. The van der Waals surface area contributed by atoms with Gasteiger partial charge >= 0.3 is 0 Å². The molecule has 0 unspecified atom stereocenters. The first-order valence-corrected chi connectivity index (χ1v) is 6.70. The highest BCUT2D eigenvalue weighted by molar-refractivity contribution is 7.17. The molecule has 2 aromatic rings. The molecular formula is C14H14OS. The summed E-state index contributed by atoms with van der Waals surface area (Å²) in [5.41, 5.74) is 1.47. The molecule has 0 spiro atoms. The molecule has 3 rings (SSSR count). The Kier molecular flexibility index (Phi) is 2.52. The lowest BCUT2D eigenvalue weighted by Gasteiger charge is -2.20. The Hall–Kier alpha value is -1.15. The molecule has 1 heterocycles. The zero-order chi connectivity index (χ0) is 11.0. The standard InChI is InChI=1S/C14H14OS/c15-11-7-5-10(6-8-11)13-9-16-14-4-2-1-3-12(13)14/h1-4,9-10H,5-8H2. The molecule has 1 aromatic heterocycles. The molecular weight excluding hydrogens is 216 g/mol. The van der Waals surface area contributed by atoms with Gasteiger partial charge in [0.1, 0.15) is 5.78 Å². The maximum Gasteiger partial charge on any atom is 0.132 e. The topological polar surface area (TPSA) is 17.1 Å². The first-order chi connectivity index (χ1) is 7.84. The molecule has 0 radical (unpaired) electrons. The lowest BCUT2D eigenvalue weighted by molar-refractivity contribution is -0.120. The number of ketones is 1. The van der Waals surface area contributed by atoms with Crippen LogP contribution in [-0.4, -0.2) is 5.78 Å². The second kappa shape index (κ2) is 4.02. The van der Waals surface area contributed by atoms with Gasteiger partial charge in [0, 0.05) is 17.5 Å². The van der Waals surface area contributed by atoms with Crippen LogP contribution in [0.3, 0.4) is 0 Å². The highest BCUT2D eigenvalue weighted by atomic mass is 32.1. The second-order valence-corrected chi connectivity index (χ2v) is 5.41. The number of carbonyl (C=O) groups excluding carboxylic acids is 1. The van der Waals surface area contributed by atoms with Crippen LogP contribution in [0.2, 0.25) is 0 Å². The third kappa shape index (κ3) is 1.67. The van der Waals surface area contributed by atoms with Crippen molar-refractivity contribution >= 4 is 27.2 Å². The van der Waals surface area contributed by atoms with Crippen LogP contribution in [0.1, 0.15) is 37.2 Å². The average Bonchev–Trinajstić information content (AvgIpc) is 2.74. The van der Waals surface area contributed by atoms with E-state index in [4.69, 9.17) is 0 Å². The summed E-state index contributed by atoms with van der Waals surface area (Å²) in [5.74, 6) is 1.05. The van der Waals surface area contributed by atoms with Gasteiger partial charge < -0.3 is 0 Å². The van der Waals surface area contributed by atoms with Crippen LogP contribution < -0.4 is 0 Å². The van der Waals surface area contributed by atoms with Crippen LogP contribution in [-0.2, 0) is 4.79 Å². The number of hydrogen-bond acceptors (Lipinski definition) is 2. The maximum absolute atomic E-state index is 11.2. The van der Waals surface area contributed by atoms with E-state index in [0.29, 0.717) is 11.7 Å². The van der Waals surface area contributed by atoms with Gasteiger partial charge in [-0.1, -0.05) is 18.2 Å². The van der Waals surface area contributed by atoms with Gasteiger partial charge in [-0.15, -0.1) is 11.3 Å². The number of benzene rings is 1. The van der Waals surface area contributed by atoms with Crippen LogP contribution in [0.25, 0.3) is 10.1 Å². The van der Waals surface area contributed by atoms with Crippen molar-refractivity contribution in [3.05, 3.63) is 35.2 Å². The van der Waals surface area contributed by atoms with Crippen LogP contribution in [0.4, 0.5) is 0 Å². The molecule has 1 aromatic carbocycles. The molecule has 0 amide bonds. The first kappa shape index (κ1) is 10.0. The Morgan fingerprint density at radius 2 is 1.88 bits per heavy atom. The molecule has 0 atom stereocenters. The summed E-state index contributed by atoms with van der Waals surface area (Å²) >= 11 is 1.82. The van der Waals surface area contributed by atoms with Crippen molar-refractivity contribution in [1.29, 1.82) is 0 Å². The Morgan fingerprint density at radius 3 is 2.69 bits per heavy atom. The Labute approximate surface area is 99.1 Å². The van der Waals surface area contributed by atoms with Gasteiger partial charge in [-0.2, -0.15) is 0 Å². The largest absolute Gasteiger partial charge is 0.300 e. The van der Waals surface area contributed by atoms with E-state index in [1.165, 1.54) is 15.6 Å². The predicted octanol–water partition coefficient (Wildman–Crippen LogP) is 4.13. The van der Waals surface area contributed by atoms with Gasteiger partial charge in [0.15, 0.2) is 0 Å². The SMILES string of the molecule is O=C1CCC(c2csc3ccccc23)CC1. The van der Waals surface area contributed by atoms with Crippen LogP contribution in [0.15, 0.2) is 29.6 Å². The minimum absolute atomic E-state index is 0.441. The summed E-state index contributed by atoms with van der Waals surface area (Å²) in [6.07, 6.45) is 3.63. The summed E-state index contributed by atoms with van der Waals surface area (Å²) < 4.78 is 1.37. The fourth-order valence-electron chi connectivity index (χ4n) is 2.57. The van der Waals surface area contributed by atoms with Crippen molar-refractivity contribution in [2.75, 3.05) is 0 Å². The first-order valence-electron chi connectivity index (χ1n) is 5.82. The third-order valence-corrected chi connectivity index (χ3v) is 4.48. The summed E-state index contributed by atoms with van der Waals surface area (Å²) in [6, 6.07) is 8.58. The lowest BCUT2D eigenvalue weighted by Crippen LogP contribution is -2.11. The van der Waals surface area contributed by atoms with Gasteiger partial charge in [0.05, 0.1) is 0 Å². The van der Waals surface area contributed by atoms with Crippen LogP contribution >= 0.6 is 11.3 Å². The molecule has 0 N–H and O–H groups in total. The van der Waals surface area contributed by atoms with E-state index in [2.05, 4.69) is 29.6 Å². The van der Waals surface area contributed by atoms with Gasteiger partial charge in [-0.25, -0.2) is 0 Å². The van der Waals surface area contributed by atoms with Crippen molar-refractivity contribution in [3.63, 3.8) is 0 Å². The number of thiophene rings is 1. The summed E-state index contributed by atoms with van der Waals surface area (Å²) in [4.78, 5) is 11.2. The maximum atomic E-state index is 11.2. The van der Waals surface area contributed by atoms with Crippen LogP contribution in [0, 0.1) is 0 Å². The van der Waals surface area contributed by atoms with Gasteiger partial charge in [-0.05, 0) is 41.2 Å². The van der Waals surface area contributed by atoms with E-state index in [0.717, 1.165) is 25.7 Å². The molecule has 0 saturated heterocycles. The summed E-state index contributed by atoms with van der Waals surface area (Å²) in [6.45, 7) is 0. The monoisotopic (exact) mass is 230 g/mol. The van der Waals surface area contributed by atoms with E-state index >= 15 is 0 Å². The van der Waals surface area contributed by atoms with Crippen LogP contribution in [0.5, 0.6) is 0 Å². The zero-order valence-corrected chi connectivity index (χ0v) is 9.93.